The van der Waals surface area contributed by atoms with Crippen LogP contribution in [0.4, 0.5) is 4.79 Å². The van der Waals surface area contributed by atoms with Crippen molar-refractivity contribution in [3.63, 3.8) is 0 Å². The van der Waals surface area contributed by atoms with Gasteiger partial charge in [-0.1, -0.05) is 32.0 Å². The van der Waals surface area contributed by atoms with E-state index in [2.05, 4.69) is 18.7 Å². The topological polar surface area (TPSA) is 136 Å². The van der Waals surface area contributed by atoms with Crippen LogP contribution >= 0.6 is 0 Å². The summed E-state index contributed by atoms with van der Waals surface area (Å²) >= 11 is 0. The van der Waals surface area contributed by atoms with E-state index in [1.807, 2.05) is 18.7 Å². The minimum Gasteiger partial charge on any atom is -0.478 e. The molecule has 0 saturated carbocycles. The summed E-state index contributed by atoms with van der Waals surface area (Å²) in [6.45, 7) is 12.4. The standard InChI is InChI=1S/C20H33N3O3S.C4H4O4/c1-5-21(6-2)14-15-23(17(3)4)20(24)22-13-12-19(16-22)27(25,26)18-10-8-7-9-11-18;5-3(6)1-2-4(7)8/h7-11,17,19H,5-6,12-16H2,1-4H3;1-2H,(H,5,6)(H,7,8). The minimum atomic E-state index is -3.41. The Hall–Kier alpha value is -2.92. The number of carboxylic acid groups (broad SMARTS) is 2. The summed E-state index contributed by atoms with van der Waals surface area (Å²) in [5, 5.41) is 15.1. The largest absolute Gasteiger partial charge is 0.478 e. The Balaban J connectivity index is 0.000000658. The van der Waals surface area contributed by atoms with Gasteiger partial charge in [-0.3, -0.25) is 0 Å². The second-order valence-electron chi connectivity index (χ2n) is 8.32. The molecular weight excluding hydrogens is 474 g/mol. The first-order chi connectivity index (χ1) is 16.4. The summed E-state index contributed by atoms with van der Waals surface area (Å²) in [4.78, 5) is 38.3. The molecule has 35 heavy (non-hydrogen) atoms. The second kappa shape index (κ2) is 14.5. The van der Waals surface area contributed by atoms with Gasteiger partial charge in [0.05, 0.1) is 10.1 Å². The number of hydrogen-bond donors (Lipinski definition) is 2. The zero-order chi connectivity index (χ0) is 26.6. The number of sulfone groups is 1. The van der Waals surface area contributed by atoms with Crippen LogP contribution in [0.5, 0.6) is 0 Å². The smallest absolute Gasteiger partial charge is 0.328 e. The third-order valence-electron chi connectivity index (χ3n) is 5.72. The number of carbonyl (C=O) groups excluding carboxylic acids is 1. The van der Waals surface area contributed by atoms with Gasteiger partial charge in [0.25, 0.3) is 0 Å². The van der Waals surface area contributed by atoms with E-state index in [1.54, 1.807) is 35.2 Å². The van der Waals surface area contributed by atoms with Crippen LogP contribution in [-0.4, -0.2) is 102 Å². The molecule has 1 unspecified atom stereocenters. The van der Waals surface area contributed by atoms with Crippen molar-refractivity contribution in [2.24, 2.45) is 0 Å². The number of urea groups is 1. The summed E-state index contributed by atoms with van der Waals surface area (Å²) < 4.78 is 25.7. The predicted molar refractivity (Wildman–Crippen MR) is 133 cm³/mol. The number of likely N-dealkylation sites (N-methyl/N-ethyl adjacent to an activating group) is 1. The highest BCUT2D eigenvalue weighted by molar-refractivity contribution is 7.92. The van der Waals surface area contributed by atoms with Crippen LogP contribution in [0.2, 0.25) is 0 Å². The van der Waals surface area contributed by atoms with Gasteiger partial charge in [0.15, 0.2) is 9.84 Å². The lowest BCUT2D eigenvalue weighted by Gasteiger charge is -2.33. The zero-order valence-electron chi connectivity index (χ0n) is 20.8. The van der Waals surface area contributed by atoms with Crippen LogP contribution in [0.1, 0.15) is 34.1 Å². The number of nitrogens with zero attached hydrogens (tertiary/aromatic N) is 3. The van der Waals surface area contributed by atoms with Gasteiger partial charge in [0, 0.05) is 44.4 Å². The van der Waals surface area contributed by atoms with Gasteiger partial charge in [-0.05, 0) is 45.5 Å². The summed E-state index contributed by atoms with van der Waals surface area (Å²) in [5.41, 5.74) is 0. The lowest BCUT2D eigenvalue weighted by molar-refractivity contribution is -0.134. The lowest BCUT2D eigenvalue weighted by atomic mass is 10.3. The van der Waals surface area contributed by atoms with Crippen LogP contribution in [0.25, 0.3) is 0 Å². The van der Waals surface area contributed by atoms with Crippen LogP contribution in [0.3, 0.4) is 0 Å². The van der Waals surface area contributed by atoms with Gasteiger partial charge in [-0.25, -0.2) is 22.8 Å². The second-order valence-corrected chi connectivity index (χ2v) is 10.5. The molecule has 1 aromatic rings. The molecule has 10 nitrogen and oxygen atoms in total. The fourth-order valence-corrected chi connectivity index (χ4v) is 5.36. The predicted octanol–water partition coefficient (Wildman–Crippen LogP) is 2.42. The molecule has 1 aliphatic heterocycles. The van der Waals surface area contributed by atoms with Crippen molar-refractivity contribution >= 4 is 27.8 Å². The monoisotopic (exact) mass is 511 g/mol. The average Bonchev–Trinajstić information content (AvgIpc) is 3.32. The Labute approximate surface area is 207 Å². The summed E-state index contributed by atoms with van der Waals surface area (Å²) in [6, 6.07) is 8.56. The molecule has 0 aliphatic carbocycles. The SMILES string of the molecule is CCN(CC)CCN(C(=O)N1CCC(S(=O)(=O)c2ccccc2)C1)C(C)C.O=C(O)C=CC(=O)O. The molecule has 0 radical (unpaired) electrons. The first-order valence-corrected chi connectivity index (χ1v) is 13.2. The quantitative estimate of drug-likeness (QED) is 0.457. The Morgan fingerprint density at radius 3 is 2.03 bits per heavy atom. The first-order valence-electron chi connectivity index (χ1n) is 11.6. The van der Waals surface area contributed by atoms with E-state index in [4.69, 9.17) is 10.2 Å². The van der Waals surface area contributed by atoms with Crippen molar-refractivity contribution < 1.29 is 33.0 Å². The molecule has 2 N–H and O–H groups in total. The van der Waals surface area contributed by atoms with Crippen LogP contribution in [-0.2, 0) is 19.4 Å². The molecule has 2 amide bonds. The highest BCUT2D eigenvalue weighted by Crippen LogP contribution is 2.25. The molecule has 11 heteroatoms. The third-order valence-corrected chi connectivity index (χ3v) is 7.91. The Morgan fingerprint density at radius 2 is 1.57 bits per heavy atom. The number of benzene rings is 1. The van der Waals surface area contributed by atoms with Crippen molar-refractivity contribution in [2.75, 3.05) is 39.3 Å². The van der Waals surface area contributed by atoms with E-state index in [9.17, 15) is 22.8 Å². The average molecular weight is 512 g/mol. The Morgan fingerprint density at radius 1 is 1.03 bits per heavy atom. The van der Waals surface area contributed by atoms with Gasteiger partial charge in [-0.2, -0.15) is 0 Å². The van der Waals surface area contributed by atoms with E-state index >= 15 is 0 Å². The molecule has 0 bridgehead atoms. The van der Waals surface area contributed by atoms with Crippen molar-refractivity contribution in [1.29, 1.82) is 0 Å². The number of carboxylic acids is 2. The minimum absolute atomic E-state index is 0.0529. The lowest BCUT2D eigenvalue weighted by Crippen LogP contribution is -2.48. The van der Waals surface area contributed by atoms with Crippen molar-refractivity contribution in [3.8, 4) is 0 Å². The highest BCUT2D eigenvalue weighted by Gasteiger charge is 2.37. The molecule has 1 aliphatic rings. The van der Waals surface area contributed by atoms with Crippen molar-refractivity contribution in [2.45, 2.75) is 50.3 Å². The molecule has 1 aromatic carbocycles. The fraction of sp³-hybridized carbons (Fsp3) is 0.542. The van der Waals surface area contributed by atoms with Crippen LogP contribution in [0.15, 0.2) is 47.4 Å². The van der Waals surface area contributed by atoms with E-state index in [0.717, 1.165) is 19.6 Å². The molecule has 1 saturated heterocycles. The fourth-order valence-electron chi connectivity index (χ4n) is 3.65. The number of rotatable bonds is 10. The normalized spacial score (nSPS) is 15.8. The Bertz CT molecular complexity index is 945. The molecule has 1 fully saturated rings. The molecule has 0 aromatic heterocycles. The van der Waals surface area contributed by atoms with Crippen molar-refractivity contribution in [1.82, 2.24) is 14.7 Å². The van der Waals surface area contributed by atoms with Crippen LogP contribution < -0.4 is 0 Å². The molecular formula is C24H37N3O7S. The maximum absolute atomic E-state index is 13.0. The number of aliphatic carboxylic acids is 2. The molecule has 196 valence electrons. The molecule has 0 spiro atoms. The summed E-state index contributed by atoms with van der Waals surface area (Å²) in [6.07, 6.45) is 1.61. The zero-order valence-corrected chi connectivity index (χ0v) is 21.6. The molecule has 1 atom stereocenters. The van der Waals surface area contributed by atoms with E-state index in [-0.39, 0.29) is 18.6 Å². The summed E-state index contributed by atoms with van der Waals surface area (Å²) in [7, 11) is -3.41. The number of amides is 2. The van der Waals surface area contributed by atoms with E-state index in [0.29, 0.717) is 36.6 Å². The van der Waals surface area contributed by atoms with Gasteiger partial charge in [0.2, 0.25) is 0 Å². The number of likely N-dealkylation sites (tertiary alicyclic amines) is 1. The maximum atomic E-state index is 13.0. The first kappa shape index (κ1) is 30.1. The molecule has 2 rings (SSSR count). The summed E-state index contributed by atoms with van der Waals surface area (Å²) in [5.74, 6) is -2.51. The van der Waals surface area contributed by atoms with E-state index in [1.165, 1.54) is 0 Å². The number of carbonyl (C=O) groups is 3. The van der Waals surface area contributed by atoms with Gasteiger partial charge in [-0.15, -0.1) is 0 Å². The van der Waals surface area contributed by atoms with Gasteiger partial charge >= 0.3 is 18.0 Å². The third kappa shape index (κ3) is 9.69. The van der Waals surface area contributed by atoms with Gasteiger partial charge < -0.3 is 24.9 Å². The maximum Gasteiger partial charge on any atom is 0.328 e. The van der Waals surface area contributed by atoms with E-state index < -0.39 is 27.0 Å². The molecule has 1 heterocycles. The van der Waals surface area contributed by atoms with Gasteiger partial charge in [0.1, 0.15) is 0 Å². The van der Waals surface area contributed by atoms with Crippen LogP contribution in [0, 0.1) is 0 Å². The highest BCUT2D eigenvalue weighted by atomic mass is 32.2. The number of hydrogen-bond acceptors (Lipinski definition) is 6. The van der Waals surface area contributed by atoms with Crippen molar-refractivity contribution in [3.05, 3.63) is 42.5 Å². The Kier molecular flexibility index (Phi) is 12.5.